The molecule has 0 fully saturated rings. The van der Waals surface area contributed by atoms with Crippen LogP contribution in [0.4, 0.5) is 0 Å². The van der Waals surface area contributed by atoms with Crippen LogP contribution >= 0.6 is 0 Å². The van der Waals surface area contributed by atoms with E-state index in [0.29, 0.717) is 22.8 Å². The van der Waals surface area contributed by atoms with E-state index in [0.717, 1.165) is 18.4 Å². The van der Waals surface area contributed by atoms with Gasteiger partial charge in [-0.3, -0.25) is 4.79 Å². The maximum Gasteiger partial charge on any atom is 0.251 e. The molecule has 5 heteroatoms. The third-order valence-electron chi connectivity index (χ3n) is 4.09. The summed E-state index contributed by atoms with van der Waals surface area (Å²) in [6.07, 6.45) is 1.98. The van der Waals surface area contributed by atoms with Gasteiger partial charge in [0.2, 0.25) is 0 Å². The standard InChI is InChI=1S/C21H27NO4/c1-5-8-15(2)22-21(23)16-11-12-18(24-3)17(13-16)14-26-20-10-7-6-9-19(20)25-4/h6-7,9-13,15H,5,8,14H2,1-4H3,(H,22,23)/t15-/m0/s1. The van der Waals surface area contributed by atoms with Crippen molar-refractivity contribution in [1.82, 2.24) is 5.32 Å². The first kappa shape index (κ1) is 19.6. The molecule has 2 aromatic rings. The minimum Gasteiger partial charge on any atom is -0.496 e. The second-order valence-electron chi connectivity index (χ2n) is 6.13. The van der Waals surface area contributed by atoms with Crippen LogP contribution in [0.2, 0.25) is 0 Å². The molecule has 0 saturated carbocycles. The van der Waals surface area contributed by atoms with E-state index in [1.807, 2.05) is 37.3 Å². The Morgan fingerprint density at radius 3 is 2.38 bits per heavy atom. The highest BCUT2D eigenvalue weighted by molar-refractivity contribution is 5.94. The lowest BCUT2D eigenvalue weighted by atomic mass is 10.1. The Hall–Kier alpha value is -2.69. The maximum absolute atomic E-state index is 12.4. The van der Waals surface area contributed by atoms with Gasteiger partial charge in [0.25, 0.3) is 5.91 Å². The van der Waals surface area contributed by atoms with Gasteiger partial charge in [0.1, 0.15) is 12.4 Å². The second kappa shape index (κ2) is 9.70. The van der Waals surface area contributed by atoms with Crippen molar-refractivity contribution < 1.29 is 19.0 Å². The summed E-state index contributed by atoms with van der Waals surface area (Å²) in [5, 5.41) is 3.01. The number of carbonyl (C=O) groups is 1. The zero-order valence-corrected chi connectivity index (χ0v) is 15.9. The summed E-state index contributed by atoms with van der Waals surface area (Å²) in [6, 6.07) is 13.0. The van der Waals surface area contributed by atoms with Crippen LogP contribution in [-0.2, 0) is 6.61 Å². The SMILES string of the molecule is CCC[C@H](C)NC(=O)c1ccc(OC)c(COc2ccccc2OC)c1. The van der Waals surface area contributed by atoms with Gasteiger partial charge in [0, 0.05) is 17.2 Å². The van der Waals surface area contributed by atoms with Gasteiger partial charge in [-0.15, -0.1) is 0 Å². The van der Waals surface area contributed by atoms with Crippen LogP contribution in [0.5, 0.6) is 17.2 Å². The molecule has 0 radical (unpaired) electrons. The summed E-state index contributed by atoms with van der Waals surface area (Å²) in [5.74, 6) is 1.89. The maximum atomic E-state index is 12.4. The highest BCUT2D eigenvalue weighted by Crippen LogP contribution is 2.28. The number of nitrogens with one attached hydrogen (secondary N) is 1. The number of methoxy groups -OCH3 is 2. The molecule has 2 aromatic carbocycles. The molecule has 0 bridgehead atoms. The van der Waals surface area contributed by atoms with E-state index in [1.54, 1.807) is 26.4 Å². The van der Waals surface area contributed by atoms with Crippen LogP contribution in [0, 0.1) is 0 Å². The second-order valence-corrected chi connectivity index (χ2v) is 6.13. The van der Waals surface area contributed by atoms with E-state index >= 15 is 0 Å². The quantitative estimate of drug-likeness (QED) is 0.731. The van der Waals surface area contributed by atoms with E-state index < -0.39 is 0 Å². The lowest BCUT2D eigenvalue weighted by molar-refractivity contribution is 0.0938. The fraction of sp³-hybridized carbons (Fsp3) is 0.381. The first-order valence-corrected chi connectivity index (χ1v) is 8.82. The smallest absolute Gasteiger partial charge is 0.251 e. The van der Waals surface area contributed by atoms with Crippen LogP contribution in [0.15, 0.2) is 42.5 Å². The summed E-state index contributed by atoms with van der Waals surface area (Å²) in [6.45, 7) is 4.38. The topological polar surface area (TPSA) is 56.8 Å². The van der Waals surface area contributed by atoms with Gasteiger partial charge in [0.05, 0.1) is 14.2 Å². The van der Waals surface area contributed by atoms with Crippen molar-refractivity contribution in [3.05, 3.63) is 53.6 Å². The van der Waals surface area contributed by atoms with Gasteiger partial charge in [-0.2, -0.15) is 0 Å². The Kier molecular flexibility index (Phi) is 7.33. The molecule has 140 valence electrons. The number of rotatable bonds is 9. The average molecular weight is 357 g/mol. The summed E-state index contributed by atoms with van der Waals surface area (Å²) in [5.41, 5.74) is 1.39. The number of para-hydroxylation sites is 2. The van der Waals surface area contributed by atoms with E-state index in [9.17, 15) is 4.79 Å². The van der Waals surface area contributed by atoms with Crippen molar-refractivity contribution in [2.45, 2.75) is 39.3 Å². The first-order chi connectivity index (χ1) is 12.6. The van der Waals surface area contributed by atoms with Crippen LogP contribution < -0.4 is 19.5 Å². The third-order valence-corrected chi connectivity index (χ3v) is 4.09. The summed E-state index contributed by atoms with van der Waals surface area (Å²) in [7, 11) is 3.20. The Labute approximate surface area is 155 Å². The van der Waals surface area contributed by atoms with Crippen molar-refractivity contribution in [2.24, 2.45) is 0 Å². The highest BCUT2D eigenvalue weighted by atomic mass is 16.5. The van der Waals surface area contributed by atoms with E-state index in [4.69, 9.17) is 14.2 Å². The van der Waals surface area contributed by atoms with Gasteiger partial charge in [0.15, 0.2) is 11.5 Å². The van der Waals surface area contributed by atoms with Gasteiger partial charge in [-0.05, 0) is 43.7 Å². The van der Waals surface area contributed by atoms with Gasteiger partial charge in [-0.25, -0.2) is 0 Å². The molecule has 0 unspecified atom stereocenters. The Morgan fingerprint density at radius 2 is 1.73 bits per heavy atom. The van der Waals surface area contributed by atoms with Crippen molar-refractivity contribution >= 4 is 5.91 Å². The van der Waals surface area contributed by atoms with Crippen LogP contribution in [0.1, 0.15) is 42.6 Å². The predicted molar refractivity (Wildman–Crippen MR) is 102 cm³/mol. The normalized spacial score (nSPS) is 11.5. The summed E-state index contributed by atoms with van der Waals surface area (Å²) < 4.78 is 16.6. The molecule has 5 nitrogen and oxygen atoms in total. The van der Waals surface area contributed by atoms with E-state index in [-0.39, 0.29) is 18.6 Å². The van der Waals surface area contributed by atoms with Crippen molar-refractivity contribution in [3.63, 3.8) is 0 Å². The van der Waals surface area contributed by atoms with Crippen LogP contribution in [-0.4, -0.2) is 26.2 Å². The lowest BCUT2D eigenvalue weighted by Gasteiger charge is -2.15. The molecule has 0 aliphatic carbocycles. The molecule has 1 N–H and O–H groups in total. The number of hydrogen-bond acceptors (Lipinski definition) is 4. The molecular weight excluding hydrogens is 330 g/mol. The third kappa shape index (κ3) is 5.15. The van der Waals surface area contributed by atoms with E-state index in [1.165, 1.54) is 0 Å². The Morgan fingerprint density at radius 1 is 1.04 bits per heavy atom. The molecule has 0 aliphatic rings. The molecule has 0 heterocycles. The van der Waals surface area contributed by atoms with E-state index in [2.05, 4.69) is 12.2 Å². The number of ether oxygens (including phenoxy) is 3. The first-order valence-electron chi connectivity index (χ1n) is 8.82. The molecule has 0 aromatic heterocycles. The average Bonchev–Trinajstić information content (AvgIpc) is 2.66. The minimum absolute atomic E-state index is 0.0906. The van der Waals surface area contributed by atoms with Crippen molar-refractivity contribution in [3.8, 4) is 17.2 Å². The minimum atomic E-state index is -0.0906. The van der Waals surface area contributed by atoms with Gasteiger partial charge >= 0.3 is 0 Å². The number of carbonyl (C=O) groups excluding carboxylic acids is 1. The van der Waals surface area contributed by atoms with Crippen LogP contribution in [0.3, 0.4) is 0 Å². The van der Waals surface area contributed by atoms with Gasteiger partial charge < -0.3 is 19.5 Å². The molecular formula is C21H27NO4. The molecule has 0 aliphatic heterocycles. The fourth-order valence-electron chi connectivity index (χ4n) is 2.74. The molecule has 0 spiro atoms. The zero-order valence-electron chi connectivity index (χ0n) is 15.9. The monoisotopic (exact) mass is 357 g/mol. The summed E-state index contributed by atoms with van der Waals surface area (Å²) in [4.78, 5) is 12.4. The summed E-state index contributed by atoms with van der Waals surface area (Å²) >= 11 is 0. The Balaban J connectivity index is 2.15. The lowest BCUT2D eigenvalue weighted by Crippen LogP contribution is -2.32. The fourth-order valence-corrected chi connectivity index (χ4v) is 2.74. The molecule has 26 heavy (non-hydrogen) atoms. The van der Waals surface area contributed by atoms with Gasteiger partial charge in [-0.1, -0.05) is 25.5 Å². The van der Waals surface area contributed by atoms with Crippen molar-refractivity contribution in [1.29, 1.82) is 0 Å². The molecule has 1 amide bonds. The zero-order chi connectivity index (χ0) is 18.9. The largest absolute Gasteiger partial charge is 0.496 e. The number of benzene rings is 2. The molecule has 1 atom stereocenters. The highest BCUT2D eigenvalue weighted by Gasteiger charge is 2.13. The molecule has 0 saturated heterocycles. The predicted octanol–water partition coefficient (Wildman–Crippen LogP) is 4.20. The number of hydrogen-bond donors (Lipinski definition) is 1. The Bertz CT molecular complexity index is 730. The van der Waals surface area contributed by atoms with Crippen LogP contribution in [0.25, 0.3) is 0 Å². The number of amides is 1. The molecule has 2 rings (SSSR count). The van der Waals surface area contributed by atoms with Crippen molar-refractivity contribution in [2.75, 3.05) is 14.2 Å².